The van der Waals surface area contributed by atoms with Crippen LogP contribution < -0.4 is 9.62 Å². The molecule has 1 aliphatic heterocycles. The molecule has 0 radical (unpaired) electrons. The van der Waals surface area contributed by atoms with E-state index in [2.05, 4.69) is 5.32 Å². The van der Waals surface area contributed by atoms with Crippen LogP contribution in [-0.4, -0.2) is 31.6 Å². The molecule has 1 aromatic heterocycles. The molecule has 34 heavy (non-hydrogen) atoms. The molecule has 3 aromatic carbocycles. The quantitative estimate of drug-likeness (QED) is 0.448. The summed E-state index contributed by atoms with van der Waals surface area (Å²) in [5.74, 6) is -0.0288. The van der Waals surface area contributed by atoms with Crippen molar-refractivity contribution in [3.8, 4) is 11.1 Å². The van der Waals surface area contributed by atoms with Gasteiger partial charge in [-0.15, -0.1) is 0 Å². The van der Waals surface area contributed by atoms with E-state index in [9.17, 15) is 13.2 Å². The summed E-state index contributed by atoms with van der Waals surface area (Å²) < 4.78 is 26.0. The van der Waals surface area contributed by atoms with Gasteiger partial charge in [0.2, 0.25) is 15.9 Å². The van der Waals surface area contributed by atoms with Crippen molar-refractivity contribution in [2.75, 3.05) is 21.9 Å². The first-order valence-corrected chi connectivity index (χ1v) is 12.9. The number of nitrogens with zero attached hydrogens (tertiary/aromatic N) is 2. The molecule has 0 atom stereocenters. The summed E-state index contributed by atoms with van der Waals surface area (Å²) >= 11 is 0. The Bertz CT molecular complexity index is 1480. The second-order valence-electron chi connectivity index (χ2n) is 8.45. The third-order valence-corrected chi connectivity index (χ3v) is 7.99. The van der Waals surface area contributed by atoms with Crippen molar-refractivity contribution in [2.45, 2.75) is 19.8 Å². The number of carbonyl (C=O) groups is 1. The van der Waals surface area contributed by atoms with Crippen molar-refractivity contribution >= 4 is 38.2 Å². The summed E-state index contributed by atoms with van der Waals surface area (Å²) in [6.45, 7) is 2.39. The Morgan fingerprint density at radius 2 is 1.76 bits per heavy atom. The van der Waals surface area contributed by atoms with Crippen LogP contribution in [0.3, 0.4) is 0 Å². The summed E-state index contributed by atoms with van der Waals surface area (Å²) in [5.41, 5.74) is 5.76. The number of para-hydroxylation sites is 1. The number of hydrogen-bond donors (Lipinski definition) is 1. The molecule has 0 spiro atoms. The Kier molecular flexibility index (Phi) is 5.79. The van der Waals surface area contributed by atoms with Crippen LogP contribution >= 0.6 is 0 Å². The van der Waals surface area contributed by atoms with Crippen LogP contribution in [-0.2, 0) is 21.2 Å². The lowest BCUT2D eigenvalue weighted by Gasteiger charge is -2.18. The molecule has 5 rings (SSSR count). The van der Waals surface area contributed by atoms with Gasteiger partial charge in [-0.3, -0.25) is 14.1 Å². The Labute approximate surface area is 199 Å². The van der Waals surface area contributed by atoms with E-state index < -0.39 is 10.0 Å². The average molecular weight is 472 g/mol. The maximum absolute atomic E-state index is 13.1. The van der Waals surface area contributed by atoms with E-state index in [-0.39, 0.29) is 18.1 Å². The lowest BCUT2D eigenvalue weighted by Crippen LogP contribution is -2.25. The highest BCUT2D eigenvalue weighted by molar-refractivity contribution is 7.93. The molecular formula is C27H25N3O3S. The summed E-state index contributed by atoms with van der Waals surface area (Å²) in [7, 11) is -3.28. The molecule has 0 aliphatic carbocycles. The van der Waals surface area contributed by atoms with Gasteiger partial charge in [0, 0.05) is 23.3 Å². The molecule has 1 amide bonds. The van der Waals surface area contributed by atoms with Crippen molar-refractivity contribution in [1.82, 2.24) is 4.98 Å². The van der Waals surface area contributed by atoms with Crippen molar-refractivity contribution < 1.29 is 13.2 Å². The van der Waals surface area contributed by atoms with Crippen molar-refractivity contribution in [1.29, 1.82) is 0 Å². The molecule has 4 aromatic rings. The van der Waals surface area contributed by atoms with Crippen LogP contribution in [0.15, 0.2) is 78.9 Å². The van der Waals surface area contributed by atoms with E-state index in [0.717, 1.165) is 33.3 Å². The van der Waals surface area contributed by atoms with Gasteiger partial charge in [-0.2, -0.15) is 0 Å². The number of fused-ring (bicyclic) bond motifs is 1. The topological polar surface area (TPSA) is 79.4 Å². The first kappa shape index (κ1) is 22.1. The Morgan fingerprint density at radius 3 is 2.53 bits per heavy atom. The Morgan fingerprint density at radius 1 is 1.00 bits per heavy atom. The number of aryl methyl sites for hydroxylation is 1. The lowest BCUT2D eigenvalue weighted by molar-refractivity contribution is -0.115. The van der Waals surface area contributed by atoms with Gasteiger partial charge in [-0.25, -0.2) is 8.42 Å². The largest absolute Gasteiger partial charge is 0.326 e. The zero-order chi connectivity index (χ0) is 23.7. The average Bonchev–Trinajstić information content (AvgIpc) is 3.19. The van der Waals surface area contributed by atoms with Crippen LogP contribution in [0, 0.1) is 6.92 Å². The fourth-order valence-electron chi connectivity index (χ4n) is 4.56. The summed E-state index contributed by atoms with van der Waals surface area (Å²) in [5, 5.41) is 3.95. The van der Waals surface area contributed by atoms with Gasteiger partial charge in [0.1, 0.15) is 0 Å². The SMILES string of the molecule is Cc1nc2ccccc2c(-c2ccccc2)c1CC(=O)Nc1cccc(N2CCCS2(=O)=O)c1. The first-order valence-electron chi connectivity index (χ1n) is 11.3. The maximum atomic E-state index is 13.1. The number of amides is 1. The number of rotatable bonds is 5. The zero-order valence-electron chi connectivity index (χ0n) is 18.9. The van der Waals surface area contributed by atoms with Crippen molar-refractivity contribution in [3.05, 3.63) is 90.1 Å². The van der Waals surface area contributed by atoms with Gasteiger partial charge in [-0.05, 0) is 54.3 Å². The molecule has 0 bridgehead atoms. The van der Waals surface area contributed by atoms with E-state index >= 15 is 0 Å². The molecule has 0 saturated carbocycles. The number of hydrogen-bond acceptors (Lipinski definition) is 4. The summed E-state index contributed by atoms with van der Waals surface area (Å²) in [6, 6.07) is 25.0. The highest BCUT2D eigenvalue weighted by atomic mass is 32.2. The van der Waals surface area contributed by atoms with Crippen LogP contribution in [0.2, 0.25) is 0 Å². The predicted molar refractivity (Wildman–Crippen MR) is 136 cm³/mol. The molecule has 1 aliphatic rings. The van der Waals surface area contributed by atoms with Crippen LogP contribution in [0.1, 0.15) is 17.7 Å². The van der Waals surface area contributed by atoms with Gasteiger partial charge in [0.25, 0.3) is 0 Å². The molecule has 6 nitrogen and oxygen atoms in total. The van der Waals surface area contributed by atoms with E-state index in [1.807, 2.05) is 61.5 Å². The monoisotopic (exact) mass is 471 g/mol. The summed E-state index contributed by atoms with van der Waals surface area (Å²) in [4.78, 5) is 17.9. The number of aromatic nitrogens is 1. The predicted octanol–water partition coefficient (Wildman–Crippen LogP) is 4.93. The second kappa shape index (κ2) is 8.91. The van der Waals surface area contributed by atoms with E-state index in [0.29, 0.717) is 24.3 Å². The van der Waals surface area contributed by atoms with Crippen LogP contribution in [0.4, 0.5) is 11.4 Å². The van der Waals surface area contributed by atoms with Gasteiger partial charge < -0.3 is 5.32 Å². The number of benzene rings is 3. The minimum Gasteiger partial charge on any atom is -0.326 e. The number of carbonyl (C=O) groups excluding carboxylic acids is 1. The molecule has 1 saturated heterocycles. The first-order chi connectivity index (χ1) is 16.4. The van der Waals surface area contributed by atoms with E-state index in [1.54, 1.807) is 24.3 Å². The number of sulfonamides is 1. The molecule has 2 heterocycles. The van der Waals surface area contributed by atoms with Crippen molar-refractivity contribution in [2.24, 2.45) is 0 Å². The fraction of sp³-hybridized carbons (Fsp3) is 0.185. The molecule has 1 fully saturated rings. The fourth-order valence-corrected chi connectivity index (χ4v) is 6.12. The van der Waals surface area contributed by atoms with Gasteiger partial charge >= 0.3 is 0 Å². The number of nitrogens with one attached hydrogen (secondary N) is 1. The number of anilines is 2. The standard InChI is InChI=1S/C27H25N3O3S/c1-19-24(27(20-9-3-2-4-10-20)23-13-5-6-14-25(23)28-19)18-26(31)29-21-11-7-12-22(17-21)30-15-8-16-34(30,32)33/h2-7,9-14,17H,8,15-16,18H2,1H3,(H,29,31). The highest BCUT2D eigenvalue weighted by Gasteiger charge is 2.28. The molecule has 0 unspecified atom stereocenters. The van der Waals surface area contributed by atoms with Crippen molar-refractivity contribution in [3.63, 3.8) is 0 Å². The zero-order valence-corrected chi connectivity index (χ0v) is 19.7. The smallest absolute Gasteiger partial charge is 0.235 e. The Hall–Kier alpha value is -3.71. The van der Waals surface area contributed by atoms with E-state index in [4.69, 9.17) is 4.98 Å². The third-order valence-electron chi connectivity index (χ3n) is 6.12. The molecule has 172 valence electrons. The Balaban J connectivity index is 1.47. The van der Waals surface area contributed by atoms with Gasteiger partial charge in [0.15, 0.2) is 0 Å². The van der Waals surface area contributed by atoms with Crippen LogP contribution in [0.25, 0.3) is 22.0 Å². The van der Waals surface area contributed by atoms with Crippen LogP contribution in [0.5, 0.6) is 0 Å². The molecule has 7 heteroatoms. The minimum atomic E-state index is -3.28. The normalized spacial score (nSPS) is 14.9. The second-order valence-corrected chi connectivity index (χ2v) is 10.5. The molecular weight excluding hydrogens is 446 g/mol. The van der Waals surface area contributed by atoms with Gasteiger partial charge in [-0.1, -0.05) is 54.6 Å². The maximum Gasteiger partial charge on any atom is 0.235 e. The third kappa shape index (κ3) is 4.26. The number of pyridine rings is 1. The van der Waals surface area contributed by atoms with Gasteiger partial charge in [0.05, 0.1) is 23.4 Å². The minimum absolute atomic E-state index is 0.153. The highest BCUT2D eigenvalue weighted by Crippen LogP contribution is 2.33. The molecule has 1 N–H and O–H groups in total. The van der Waals surface area contributed by atoms with E-state index in [1.165, 1.54) is 4.31 Å². The lowest BCUT2D eigenvalue weighted by atomic mass is 9.92. The summed E-state index contributed by atoms with van der Waals surface area (Å²) in [6.07, 6.45) is 0.759.